The molecule has 4 nitrogen and oxygen atoms in total. The minimum atomic E-state index is 0.0980. The summed E-state index contributed by atoms with van der Waals surface area (Å²) in [5, 5.41) is 12.9. The fourth-order valence-corrected chi connectivity index (χ4v) is 3.51. The van der Waals surface area contributed by atoms with Gasteiger partial charge in [0.2, 0.25) is 5.91 Å². The molecule has 0 aliphatic rings. The second kappa shape index (κ2) is 11.4. The molecule has 1 aromatic heterocycles. The summed E-state index contributed by atoms with van der Waals surface area (Å²) in [6.45, 7) is 5.22. The van der Waals surface area contributed by atoms with Crippen LogP contribution >= 0.6 is 0 Å². The van der Waals surface area contributed by atoms with Crippen molar-refractivity contribution in [2.24, 2.45) is 5.92 Å². The summed E-state index contributed by atoms with van der Waals surface area (Å²) < 4.78 is 2.27. The van der Waals surface area contributed by atoms with Crippen molar-refractivity contribution in [3.63, 3.8) is 0 Å². The minimum absolute atomic E-state index is 0.0980. The van der Waals surface area contributed by atoms with Crippen LogP contribution in [-0.4, -0.2) is 10.5 Å². The molecule has 0 spiro atoms. The van der Waals surface area contributed by atoms with Crippen molar-refractivity contribution in [3.8, 4) is 6.07 Å². The van der Waals surface area contributed by atoms with Gasteiger partial charge >= 0.3 is 0 Å². The zero-order valence-electron chi connectivity index (χ0n) is 16.8. The van der Waals surface area contributed by atoms with Gasteiger partial charge in [0.25, 0.3) is 0 Å². The summed E-state index contributed by atoms with van der Waals surface area (Å²) in [5.41, 5.74) is 2.06. The van der Waals surface area contributed by atoms with Gasteiger partial charge in [-0.25, -0.2) is 0 Å². The van der Waals surface area contributed by atoms with E-state index in [1.807, 2.05) is 6.07 Å². The Bertz CT molecular complexity index is 757. The molecule has 146 valence electrons. The molecule has 0 bridgehead atoms. The minimum Gasteiger partial charge on any atom is -0.347 e. The van der Waals surface area contributed by atoms with Crippen molar-refractivity contribution >= 4 is 22.5 Å². The monoisotopic (exact) mass is 367 g/mol. The Morgan fingerprint density at radius 3 is 2.70 bits per heavy atom. The Morgan fingerprint density at radius 2 is 1.96 bits per heavy atom. The molecule has 0 saturated heterocycles. The third-order valence-corrected chi connectivity index (χ3v) is 5.25. The predicted octanol–water partition coefficient (Wildman–Crippen LogP) is 6.27. The summed E-state index contributed by atoms with van der Waals surface area (Å²) in [5.74, 6) is 0.238. The lowest BCUT2D eigenvalue weighted by atomic mass is 9.98. The van der Waals surface area contributed by atoms with Gasteiger partial charge in [-0.3, -0.25) is 4.79 Å². The number of nitrogens with one attached hydrogen (secondary N) is 1. The first-order valence-corrected chi connectivity index (χ1v) is 10.5. The molecule has 0 fully saturated rings. The number of fused-ring (bicyclic) bond motifs is 1. The van der Waals surface area contributed by atoms with E-state index in [1.54, 1.807) is 0 Å². The SMILES string of the molecule is CCCCC(CC)C(=O)Nc1ccc2ccn(CCCCCCC#N)c2c1. The molecule has 1 aromatic carbocycles. The molecule has 27 heavy (non-hydrogen) atoms. The van der Waals surface area contributed by atoms with E-state index < -0.39 is 0 Å². The Labute approximate surface area is 163 Å². The van der Waals surface area contributed by atoms with Crippen molar-refractivity contribution in [1.29, 1.82) is 5.26 Å². The average Bonchev–Trinajstić information content (AvgIpc) is 3.07. The molecule has 0 radical (unpaired) electrons. The van der Waals surface area contributed by atoms with Gasteiger partial charge in [0.15, 0.2) is 0 Å². The van der Waals surface area contributed by atoms with Gasteiger partial charge in [-0.1, -0.05) is 45.6 Å². The Hall–Kier alpha value is -2.28. The van der Waals surface area contributed by atoms with E-state index in [1.165, 1.54) is 10.9 Å². The highest BCUT2D eigenvalue weighted by atomic mass is 16.1. The number of amides is 1. The van der Waals surface area contributed by atoms with E-state index in [2.05, 4.69) is 54.2 Å². The van der Waals surface area contributed by atoms with Gasteiger partial charge in [-0.2, -0.15) is 5.26 Å². The smallest absolute Gasteiger partial charge is 0.227 e. The molecule has 0 saturated carbocycles. The number of anilines is 1. The number of unbranched alkanes of at least 4 members (excludes halogenated alkanes) is 5. The third kappa shape index (κ3) is 6.43. The summed E-state index contributed by atoms with van der Waals surface area (Å²) >= 11 is 0. The van der Waals surface area contributed by atoms with Crippen LogP contribution in [0.3, 0.4) is 0 Å². The number of hydrogen-bond acceptors (Lipinski definition) is 2. The number of aromatic nitrogens is 1. The van der Waals surface area contributed by atoms with Gasteiger partial charge < -0.3 is 9.88 Å². The van der Waals surface area contributed by atoms with E-state index in [9.17, 15) is 4.79 Å². The van der Waals surface area contributed by atoms with Gasteiger partial charge in [0, 0.05) is 30.8 Å². The molecule has 0 aliphatic carbocycles. The van der Waals surface area contributed by atoms with Gasteiger partial charge in [-0.15, -0.1) is 0 Å². The van der Waals surface area contributed by atoms with E-state index in [0.717, 1.165) is 63.6 Å². The molecule has 0 aliphatic heterocycles. The van der Waals surface area contributed by atoms with E-state index in [-0.39, 0.29) is 11.8 Å². The Balaban J connectivity index is 1.97. The average molecular weight is 368 g/mol. The lowest BCUT2D eigenvalue weighted by Gasteiger charge is -2.15. The van der Waals surface area contributed by atoms with Crippen molar-refractivity contribution in [2.75, 3.05) is 5.32 Å². The van der Waals surface area contributed by atoms with Crippen molar-refractivity contribution in [3.05, 3.63) is 30.5 Å². The maximum Gasteiger partial charge on any atom is 0.227 e. The highest BCUT2D eigenvalue weighted by Gasteiger charge is 2.16. The standard InChI is InChI=1S/C23H33N3O/c1-3-5-11-19(4-2)23(27)25-21-13-12-20-14-17-26(22(20)18-21)16-10-8-6-7-9-15-24/h12-14,17-19H,3-11,16H2,1-2H3,(H,25,27). The van der Waals surface area contributed by atoms with Crippen LogP contribution < -0.4 is 5.32 Å². The van der Waals surface area contributed by atoms with Gasteiger partial charge in [0.1, 0.15) is 0 Å². The fraction of sp³-hybridized carbons (Fsp3) is 0.565. The fourth-order valence-electron chi connectivity index (χ4n) is 3.51. The van der Waals surface area contributed by atoms with Crippen LogP contribution in [0.4, 0.5) is 5.69 Å². The highest BCUT2D eigenvalue weighted by molar-refractivity contribution is 5.95. The first kappa shape index (κ1) is 21.0. The van der Waals surface area contributed by atoms with E-state index in [0.29, 0.717) is 6.42 Å². The molecular formula is C23H33N3O. The molecule has 2 aromatic rings. The molecule has 2 rings (SSSR count). The topological polar surface area (TPSA) is 57.8 Å². The van der Waals surface area contributed by atoms with Gasteiger partial charge in [0.05, 0.1) is 11.6 Å². The number of hydrogen-bond donors (Lipinski definition) is 1. The van der Waals surface area contributed by atoms with Crippen LogP contribution in [0.15, 0.2) is 30.5 Å². The molecule has 1 N–H and O–H groups in total. The van der Waals surface area contributed by atoms with E-state index in [4.69, 9.17) is 5.26 Å². The normalized spacial score (nSPS) is 12.0. The number of aryl methyl sites for hydroxylation is 1. The summed E-state index contributed by atoms with van der Waals surface area (Å²) in [6.07, 6.45) is 11.2. The maximum atomic E-state index is 12.6. The van der Waals surface area contributed by atoms with Crippen LogP contribution in [0.2, 0.25) is 0 Å². The number of carbonyl (C=O) groups excluding carboxylic acids is 1. The molecule has 1 amide bonds. The summed E-state index contributed by atoms with van der Waals surface area (Å²) in [7, 11) is 0. The molecule has 4 heteroatoms. The predicted molar refractivity (Wildman–Crippen MR) is 113 cm³/mol. The number of nitrogens with zero attached hydrogens (tertiary/aromatic N) is 2. The van der Waals surface area contributed by atoms with Crippen LogP contribution in [0, 0.1) is 17.2 Å². The molecule has 1 unspecified atom stereocenters. The largest absolute Gasteiger partial charge is 0.347 e. The summed E-state index contributed by atoms with van der Waals surface area (Å²) in [6, 6.07) is 10.5. The number of rotatable bonds is 12. The van der Waals surface area contributed by atoms with Crippen molar-refractivity contribution in [1.82, 2.24) is 4.57 Å². The quantitative estimate of drug-likeness (QED) is 0.449. The van der Waals surface area contributed by atoms with E-state index >= 15 is 0 Å². The first-order chi connectivity index (χ1) is 13.2. The lowest BCUT2D eigenvalue weighted by molar-refractivity contribution is -0.120. The third-order valence-electron chi connectivity index (χ3n) is 5.25. The zero-order valence-corrected chi connectivity index (χ0v) is 16.8. The molecule has 1 atom stereocenters. The number of nitriles is 1. The molecular weight excluding hydrogens is 334 g/mol. The van der Waals surface area contributed by atoms with Crippen LogP contribution in [0.5, 0.6) is 0 Å². The van der Waals surface area contributed by atoms with Crippen molar-refractivity contribution in [2.45, 2.75) is 78.2 Å². The molecule has 1 heterocycles. The second-order valence-corrected chi connectivity index (χ2v) is 7.34. The van der Waals surface area contributed by atoms with Crippen LogP contribution in [0.1, 0.15) is 71.6 Å². The number of carbonyl (C=O) groups is 1. The first-order valence-electron chi connectivity index (χ1n) is 10.5. The van der Waals surface area contributed by atoms with Crippen LogP contribution in [0.25, 0.3) is 10.9 Å². The second-order valence-electron chi connectivity index (χ2n) is 7.34. The zero-order chi connectivity index (χ0) is 19.5. The maximum absolute atomic E-state index is 12.6. The number of benzene rings is 1. The highest BCUT2D eigenvalue weighted by Crippen LogP contribution is 2.23. The lowest BCUT2D eigenvalue weighted by Crippen LogP contribution is -2.22. The van der Waals surface area contributed by atoms with Crippen molar-refractivity contribution < 1.29 is 4.79 Å². The Kier molecular flexibility index (Phi) is 8.91. The summed E-state index contributed by atoms with van der Waals surface area (Å²) in [4.78, 5) is 12.6. The Morgan fingerprint density at radius 1 is 1.15 bits per heavy atom. The van der Waals surface area contributed by atoms with Gasteiger partial charge in [-0.05, 0) is 49.3 Å². The van der Waals surface area contributed by atoms with Crippen LogP contribution in [-0.2, 0) is 11.3 Å².